The first-order valence-corrected chi connectivity index (χ1v) is 6.44. The predicted molar refractivity (Wildman–Crippen MR) is 73.7 cm³/mol. The average Bonchev–Trinajstić information content (AvgIpc) is 2.24. The molecule has 0 aliphatic heterocycles. The number of nitrogens with one attached hydrogen (secondary N) is 1. The number of benzene rings is 1. The van der Waals surface area contributed by atoms with Gasteiger partial charge in [-0.25, -0.2) is 0 Å². The van der Waals surface area contributed by atoms with E-state index in [1.807, 2.05) is 12.1 Å². The molecule has 1 aromatic rings. The van der Waals surface area contributed by atoms with E-state index in [2.05, 4.69) is 38.2 Å². The quantitative estimate of drug-likeness (QED) is 0.788. The van der Waals surface area contributed by atoms with Gasteiger partial charge in [0.1, 0.15) is 0 Å². The van der Waals surface area contributed by atoms with Crippen molar-refractivity contribution in [3.63, 3.8) is 0 Å². The van der Waals surface area contributed by atoms with Gasteiger partial charge in [-0.2, -0.15) is 0 Å². The predicted octanol–water partition coefficient (Wildman–Crippen LogP) is 3.29. The number of hydrogen-bond donors (Lipinski definition) is 1. The van der Waals surface area contributed by atoms with E-state index in [-0.39, 0.29) is 5.60 Å². The monoisotopic (exact) mass is 255 g/mol. The van der Waals surface area contributed by atoms with Crippen LogP contribution in [0.4, 0.5) is 0 Å². The van der Waals surface area contributed by atoms with Gasteiger partial charge in [0.25, 0.3) is 0 Å². The first kappa shape index (κ1) is 14.5. The lowest BCUT2D eigenvalue weighted by molar-refractivity contribution is -0.000710. The van der Waals surface area contributed by atoms with E-state index in [0.717, 1.165) is 31.1 Å². The second-order valence-electron chi connectivity index (χ2n) is 5.09. The van der Waals surface area contributed by atoms with Crippen LogP contribution in [0.3, 0.4) is 0 Å². The summed E-state index contributed by atoms with van der Waals surface area (Å²) in [6.07, 6.45) is 1.02. The molecule has 1 N–H and O–H groups in total. The molecule has 0 atom stereocenters. The van der Waals surface area contributed by atoms with Gasteiger partial charge in [-0.3, -0.25) is 0 Å². The van der Waals surface area contributed by atoms with Crippen LogP contribution < -0.4 is 5.32 Å². The highest BCUT2D eigenvalue weighted by atomic mass is 35.5. The van der Waals surface area contributed by atoms with Crippen molar-refractivity contribution in [1.82, 2.24) is 5.32 Å². The van der Waals surface area contributed by atoms with Crippen molar-refractivity contribution in [2.24, 2.45) is 0 Å². The fourth-order valence-corrected chi connectivity index (χ4v) is 1.56. The van der Waals surface area contributed by atoms with Gasteiger partial charge in [-0.1, -0.05) is 23.7 Å². The lowest BCUT2D eigenvalue weighted by Crippen LogP contribution is -2.27. The molecule has 0 radical (unpaired) electrons. The molecular formula is C14H22ClNO. The molecule has 0 saturated heterocycles. The summed E-state index contributed by atoms with van der Waals surface area (Å²) < 4.78 is 5.62. The Morgan fingerprint density at radius 2 is 1.76 bits per heavy atom. The van der Waals surface area contributed by atoms with Crippen molar-refractivity contribution in [3.8, 4) is 0 Å². The van der Waals surface area contributed by atoms with Gasteiger partial charge in [0.15, 0.2) is 0 Å². The third kappa shape index (κ3) is 7.37. The molecule has 0 unspecified atom stereocenters. The molecule has 0 spiro atoms. The maximum atomic E-state index is 5.82. The summed E-state index contributed by atoms with van der Waals surface area (Å²) in [4.78, 5) is 0. The average molecular weight is 256 g/mol. The molecule has 2 nitrogen and oxygen atoms in total. The van der Waals surface area contributed by atoms with Gasteiger partial charge in [-0.05, 0) is 51.4 Å². The highest BCUT2D eigenvalue weighted by Gasteiger charge is 2.08. The summed E-state index contributed by atoms with van der Waals surface area (Å²) >= 11 is 5.82. The molecule has 0 saturated carbocycles. The van der Waals surface area contributed by atoms with E-state index in [4.69, 9.17) is 16.3 Å². The molecule has 0 aliphatic rings. The minimum Gasteiger partial charge on any atom is -0.375 e. The second-order valence-corrected chi connectivity index (χ2v) is 5.52. The lowest BCUT2D eigenvalue weighted by atomic mass is 10.1. The molecule has 0 amide bonds. The molecule has 1 aromatic carbocycles. The van der Waals surface area contributed by atoms with Crippen LogP contribution in [0.25, 0.3) is 0 Å². The van der Waals surface area contributed by atoms with Crippen LogP contribution in [0.2, 0.25) is 5.02 Å². The molecule has 0 heterocycles. The van der Waals surface area contributed by atoms with Gasteiger partial charge in [0, 0.05) is 11.6 Å². The number of hydrogen-bond acceptors (Lipinski definition) is 2. The molecule has 0 aliphatic carbocycles. The molecule has 3 heteroatoms. The van der Waals surface area contributed by atoms with Crippen LogP contribution in [-0.2, 0) is 11.2 Å². The van der Waals surface area contributed by atoms with Crippen molar-refractivity contribution in [2.45, 2.75) is 32.8 Å². The number of halogens is 1. The Balaban J connectivity index is 2.07. The summed E-state index contributed by atoms with van der Waals surface area (Å²) in [7, 11) is 0. The topological polar surface area (TPSA) is 21.3 Å². The maximum absolute atomic E-state index is 5.82. The summed E-state index contributed by atoms with van der Waals surface area (Å²) in [6.45, 7) is 8.83. The molecule has 0 bridgehead atoms. The van der Waals surface area contributed by atoms with Crippen LogP contribution in [0, 0.1) is 0 Å². The summed E-state index contributed by atoms with van der Waals surface area (Å²) in [6, 6.07) is 7.99. The van der Waals surface area contributed by atoms with Crippen molar-refractivity contribution in [1.29, 1.82) is 0 Å². The summed E-state index contributed by atoms with van der Waals surface area (Å²) in [5.41, 5.74) is 1.26. The van der Waals surface area contributed by atoms with Gasteiger partial charge >= 0.3 is 0 Å². The number of ether oxygens (including phenoxy) is 1. The van der Waals surface area contributed by atoms with E-state index in [1.54, 1.807) is 0 Å². The van der Waals surface area contributed by atoms with E-state index in [0.29, 0.717) is 0 Å². The molecule has 1 rings (SSSR count). The molecule has 96 valence electrons. The Labute approximate surface area is 109 Å². The lowest BCUT2D eigenvalue weighted by Gasteiger charge is -2.19. The maximum Gasteiger partial charge on any atom is 0.0599 e. The summed E-state index contributed by atoms with van der Waals surface area (Å²) in [5.74, 6) is 0. The number of rotatable bonds is 6. The largest absolute Gasteiger partial charge is 0.375 e. The molecule has 0 fully saturated rings. The second kappa shape index (κ2) is 7.00. The highest BCUT2D eigenvalue weighted by molar-refractivity contribution is 6.30. The molecular weight excluding hydrogens is 234 g/mol. The fraction of sp³-hybridized carbons (Fsp3) is 0.571. The van der Waals surface area contributed by atoms with Crippen LogP contribution in [-0.4, -0.2) is 25.3 Å². The summed E-state index contributed by atoms with van der Waals surface area (Å²) in [5, 5.41) is 4.16. The van der Waals surface area contributed by atoms with E-state index < -0.39 is 0 Å². The third-order valence-corrected chi connectivity index (χ3v) is 2.57. The van der Waals surface area contributed by atoms with Crippen molar-refractivity contribution in [2.75, 3.05) is 19.7 Å². The van der Waals surface area contributed by atoms with Crippen molar-refractivity contribution >= 4 is 11.6 Å². The van der Waals surface area contributed by atoms with Crippen LogP contribution >= 0.6 is 11.6 Å². The normalized spacial score (nSPS) is 11.8. The van der Waals surface area contributed by atoms with E-state index in [9.17, 15) is 0 Å². The zero-order valence-corrected chi connectivity index (χ0v) is 11.7. The Morgan fingerprint density at radius 3 is 2.35 bits per heavy atom. The minimum absolute atomic E-state index is 0.0438. The van der Waals surface area contributed by atoms with Gasteiger partial charge in [0.05, 0.1) is 12.2 Å². The van der Waals surface area contributed by atoms with E-state index in [1.165, 1.54) is 5.56 Å². The Bertz CT molecular complexity index is 316. The van der Waals surface area contributed by atoms with Crippen LogP contribution in [0.5, 0.6) is 0 Å². The zero-order chi connectivity index (χ0) is 12.7. The van der Waals surface area contributed by atoms with Crippen LogP contribution in [0.15, 0.2) is 24.3 Å². The standard InChI is InChI=1S/C14H22ClNO/c1-14(2,3)17-11-10-16-9-8-12-4-6-13(15)7-5-12/h4-7,16H,8-11H2,1-3H3. The van der Waals surface area contributed by atoms with Crippen molar-refractivity contribution < 1.29 is 4.74 Å². The minimum atomic E-state index is -0.0438. The smallest absolute Gasteiger partial charge is 0.0599 e. The van der Waals surface area contributed by atoms with Gasteiger partial charge in [0.2, 0.25) is 0 Å². The van der Waals surface area contributed by atoms with Gasteiger partial charge < -0.3 is 10.1 Å². The Kier molecular flexibility index (Phi) is 5.96. The third-order valence-electron chi connectivity index (χ3n) is 2.32. The highest BCUT2D eigenvalue weighted by Crippen LogP contribution is 2.09. The Morgan fingerprint density at radius 1 is 1.12 bits per heavy atom. The van der Waals surface area contributed by atoms with Gasteiger partial charge in [-0.15, -0.1) is 0 Å². The first-order valence-electron chi connectivity index (χ1n) is 6.06. The molecule has 0 aromatic heterocycles. The first-order chi connectivity index (χ1) is 7.97. The van der Waals surface area contributed by atoms with Crippen LogP contribution in [0.1, 0.15) is 26.3 Å². The van der Waals surface area contributed by atoms with E-state index >= 15 is 0 Å². The molecule has 17 heavy (non-hydrogen) atoms. The Hall–Kier alpha value is -0.570. The fourth-order valence-electron chi connectivity index (χ4n) is 1.44. The zero-order valence-electron chi connectivity index (χ0n) is 10.9. The SMILES string of the molecule is CC(C)(C)OCCNCCc1ccc(Cl)cc1. The van der Waals surface area contributed by atoms with Crippen molar-refractivity contribution in [3.05, 3.63) is 34.9 Å².